The lowest BCUT2D eigenvalue weighted by atomic mass is 10.3. The fraction of sp³-hybridized carbons (Fsp3) is 0.333. The first-order valence-electron chi connectivity index (χ1n) is 4.30. The van der Waals surface area contributed by atoms with Crippen molar-refractivity contribution in [3.05, 3.63) is 24.3 Å². The first-order valence-corrected chi connectivity index (χ1v) is 7.68. The predicted molar refractivity (Wildman–Crippen MR) is 61.8 cm³/mol. The van der Waals surface area contributed by atoms with Crippen LogP contribution in [0.4, 0.5) is 5.69 Å². The molecule has 1 aromatic rings. The molecule has 0 heterocycles. The summed E-state index contributed by atoms with van der Waals surface area (Å²) in [6.07, 6.45) is 1.13. The number of hydrogen-bond donors (Lipinski definition) is 1. The Morgan fingerprint density at radius 3 is 2.60 bits per heavy atom. The van der Waals surface area contributed by atoms with E-state index in [4.69, 9.17) is 5.73 Å². The van der Waals surface area contributed by atoms with Gasteiger partial charge in [-0.3, -0.25) is 4.21 Å². The van der Waals surface area contributed by atoms with Crippen molar-refractivity contribution in [2.45, 2.75) is 4.90 Å². The molecule has 0 amide bonds. The lowest BCUT2D eigenvalue weighted by Crippen LogP contribution is -2.11. The zero-order valence-corrected chi connectivity index (χ0v) is 9.98. The Morgan fingerprint density at radius 1 is 1.40 bits per heavy atom. The molecule has 0 radical (unpaired) electrons. The minimum Gasteiger partial charge on any atom is -0.399 e. The first kappa shape index (κ1) is 12.2. The third-order valence-electron chi connectivity index (χ3n) is 1.76. The first-order chi connectivity index (χ1) is 6.88. The van der Waals surface area contributed by atoms with Crippen LogP contribution in [0.25, 0.3) is 0 Å². The maximum Gasteiger partial charge on any atom is 0.148 e. The third-order valence-corrected chi connectivity index (χ3v) is 4.32. The molecular weight excluding hydrogens is 234 g/mol. The largest absolute Gasteiger partial charge is 0.399 e. The van der Waals surface area contributed by atoms with Crippen molar-refractivity contribution in [3.8, 4) is 0 Å². The molecular formula is C9H13NO3S2. The van der Waals surface area contributed by atoms with E-state index < -0.39 is 20.6 Å². The minimum atomic E-state index is -3.06. The van der Waals surface area contributed by atoms with Crippen LogP contribution in [0, 0.1) is 0 Å². The summed E-state index contributed by atoms with van der Waals surface area (Å²) in [5.74, 6) is 0.0384. The van der Waals surface area contributed by atoms with E-state index in [1.54, 1.807) is 24.3 Å². The Labute approximate surface area is 91.9 Å². The highest BCUT2D eigenvalue weighted by Gasteiger charge is 2.08. The number of anilines is 1. The highest BCUT2D eigenvalue weighted by atomic mass is 32.2. The zero-order chi connectivity index (χ0) is 11.5. The number of benzene rings is 1. The summed E-state index contributed by atoms with van der Waals surface area (Å²) in [6, 6.07) is 6.66. The van der Waals surface area contributed by atoms with Crippen LogP contribution in [-0.4, -0.2) is 30.4 Å². The SMILES string of the molecule is CS(=O)(=O)CCS(=O)c1cccc(N)c1. The molecule has 0 aliphatic carbocycles. The normalized spacial score (nSPS) is 13.7. The second-order valence-corrected chi connectivity index (χ2v) is 7.08. The summed E-state index contributed by atoms with van der Waals surface area (Å²) in [6.45, 7) is 0. The summed E-state index contributed by atoms with van der Waals surface area (Å²) < 4.78 is 33.4. The second-order valence-electron chi connectivity index (χ2n) is 3.25. The quantitative estimate of drug-likeness (QED) is 0.782. The summed E-state index contributed by atoms with van der Waals surface area (Å²) in [5.41, 5.74) is 6.05. The summed E-state index contributed by atoms with van der Waals surface area (Å²) in [4.78, 5) is 0.568. The van der Waals surface area contributed by atoms with Crippen molar-refractivity contribution < 1.29 is 12.6 Å². The van der Waals surface area contributed by atoms with Crippen LogP contribution in [-0.2, 0) is 20.6 Å². The average Bonchev–Trinajstić information content (AvgIpc) is 2.13. The highest BCUT2D eigenvalue weighted by Crippen LogP contribution is 2.11. The van der Waals surface area contributed by atoms with Crippen molar-refractivity contribution in [1.82, 2.24) is 0 Å². The lowest BCUT2D eigenvalue weighted by Gasteiger charge is -2.02. The molecule has 1 aromatic carbocycles. The standard InChI is InChI=1S/C9H13NO3S2/c1-15(12,13)6-5-14(11)9-4-2-3-8(10)7-9/h2-4,7H,5-6,10H2,1H3. The van der Waals surface area contributed by atoms with Gasteiger partial charge in [0.25, 0.3) is 0 Å². The summed E-state index contributed by atoms with van der Waals surface area (Å²) in [7, 11) is -4.36. The van der Waals surface area contributed by atoms with Gasteiger partial charge in [-0.15, -0.1) is 0 Å². The highest BCUT2D eigenvalue weighted by molar-refractivity contribution is 7.92. The molecule has 0 bridgehead atoms. The minimum absolute atomic E-state index is 0.0750. The predicted octanol–water partition coefficient (Wildman–Crippen LogP) is 0.421. The van der Waals surface area contributed by atoms with E-state index in [0.29, 0.717) is 10.6 Å². The lowest BCUT2D eigenvalue weighted by molar-refractivity contribution is 0.602. The van der Waals surface area contributed by atoms with Crippen LogP contribution in [0.3, 0.4) is 0 Å². The van der Waals surface area contributed by atoms with E-state index in [2.05, 4.69) is 0 Å². The molecule has 0 fully saturated rings. The van der Waals surface area contributed by atoms with E-state index in [1.807, 2.05) is 0 Å². The number of nitrogen functional groups attached to an aromatic ring is 1. The van der Waals surface area contributed by atoms with E-state index in [-0.39, 0.29) is 11.5 Å². The van der Waals surface area contributed by atoms with Gasteiger partial charge in [0.1, 0.15) is 9.84 Å². The molecule has 0 aromatic heterocycles. The smallest absolute Gasteiger partial charge is 0.148 e. The fourth-order valence-electron chi connectivity index (χ4n) is 1.00. The van der Waals surface area contributed by atoms with E-state index in [9.17, 15) is 12.6 Å². The van der Waals surface area contributed by atoms with Gasteiger partial charge < -0.3 is 5.73 Å². The number of hydrogen-bond acceptors (Lipinski definition) is 4. The fourth-order valence-corrected chi connectivity index (χ4v) is 3.55. The Hall–Kier alpha value is -0.880. The van der Waals surface area contributed by atoms with Gasteiger partial charge in [0.15, 0.2) is 0 Å². The van der Waals surface area contributed by atoms with Gasteiger partial charge in [0.05, 0.1) is 16.6 Å². The van der Waals surface area contributed by atoms with Gasteiger partial charge in [0, 0.05) is 22.6 Å². The van der Waals surface area contributed by atoms with Gasteiger partial charge in [-0.25, -0.2) is 8.42 Å². The third kappa shape index (κ3) is 4.44. The molecule has 0 spiro atoms. The van der Waals surface area contributed by atoms with E-state index in [0.717, 1.165) is 6.26 Å². The zero-order valence-electron chi connectivity index (χ0n) is 8.34. The molecule has 6 heteroatoms. The summed E-state index contributed by atoms with van der Waals surface area (Å²) in [5, 5.41) is 0. The molecule has 2 N–H and O–H groups in total. The molecule has 4 nitrogen and oxygen atoms in total. The monoisotopic (exact) mass is 247 g/mol. The number of nitrogens with two attached hydrogens (primary N) is 1. The van der Waals surface area contributed by atoms with Gasteiger partial charge >= 0.3 is 0 Å². The Balaban J connectivity index is 2.70. The molecule has 15 heavy (non-hydrogen) atoms. The van der Waals surface area contributed by atoms with Crippen LogP contribution in [0.5, 0.6) is 0 Å². The van der Waals surface area contributed by atoms with Crippen molar-refractivity contribution in [2.75, 3.05) is 23.5 Å². The van der Waals surface area contributed by atoms with E-state index >= 15 is 0 Å². The second kappa shape index (κ2) is 4.76. The van der Waals surface area contributed by atoms with Gasteiger partial charge in [-0.2, -0.15) is 0 Å². The van der Waals surface area contributed by atoms with Crippen LogP contribution >= 0.6 is 0 Å². The van der Waals surface area contributed by atoms with Gasteiger partial charge in [-0.1, -0.05) is 6.07 Å². The molecule has 84 valence electrons. The van der Waals surface area contributed by atoms with E-state index in [1.165, 1.54) is 0 Å². The van der Waals surface area contributed by atoms with Crippen molar-refractivity contribution in [2.24, 2.45) is 0 Å². The van der Waals surface area contributed by atoms with Crippen LogP contribution in [0.2, 0.25) is 0 Å². The topological polar surface area (TPSA) is 77.2 Å². The molecule has 1 rings (SSSR count). The van der Waals surface area contributed by atoms with Crippen molar-refractivity contribution in [1.29, 1.82) is 0 Å². The Bertz CT molecular complexity index is 468. The number of rotatable bonds is 4. The average molecular weight is 247 g/mol. The molecule has 1 atom stereocenters. The Morgan fingerprint density at radius 2 is 2.07 bits per heavy atom. The van der Waals surface area contributed by atoms with Crippen molar-refractivity contribution >= 4 is 26.3 Å². The molecule has 0 saturated carbocycles. The number of sulfone groups is 1. The Kier molecular flexibility index (Phi) is 3.87. The summed E-state index contributed by atoms with van der Waals surface area (Å²) >= 11 is 0. The van der Waals surface area contributed by atoms with Crippen molar-refractivity contribution in [3.63, 3.8) is 0 Å². The molecule has 0 aliphatic rings. The van der Waals surface area contributed by atoms with Crippen LogP contribution in [0.1, 0.15) is 0 Å². The molecule has 1 unspecified atom stereocenters. The maximum absolute atomic E-state index is 11.6. The molecule has 0 aliphatic heterocycles. The van der Waals surface area contributed by atoms with Gasteiger partial charge in [-0.05, 0) is 18.2 Å². The van der Waals surface area contributed by atoms with Crippen LogP contribution < -0.4 is 5.73 Å². The van der Waals surface area contributed by atoms with Crippen LogP contribution in [0.15, 0.2) is 29.2 Å². The maximum atomic E-state index is 11.6. The molecule has 0 saturated heterocycles. The van der Waals surface area contributed by atoms with Gasteiger partial charge in [0.2, 0.25) is 0 Å².